The van der Waals surface area contributed by atoms with Gasteiger partial charge in [-0.2, -0.15) is 0 Å². The van der Waals surface area contributed by atoms with Crippen molar-refractivity contribution in [3.05, 3.63) is 47.0 Å². The first-order chi connectivity index (χ1) is 8.44. The highest BCUT2D eigenvalue weighted by molar-refractivity contribution is 5.74. The Hall–Kier alpha value is -1.91. The Balaban J connectivity index is 2.56. The minimum Gasteiger partial charge on any atom is -0.428 e. The van der Waals surface area contributed by atoms with Crippen LogP contribution in [-0.2, 0) is 10.3 Å². The molecule has 0 amide bonds. The van der Waals surface area contributed by atoms with Crippen molar-refractivity contribution in [3.63, 3.8) is 0 Å². The van der Waals surface area contributed by atoms with Crippen LogP contribution in [0, 0.1) is 12.7 Å². The van der Waals surface area contributed by atoms with E-state index in [1.807, 2.05) is 6.92 Å². The average Bonchev–Trinajstić information content (AvgIpc) is 2.31. The van der Waals surface area contributed by atoms with Crippen molar-refractivity contribution in [3.8, 4) is 0 Å². The number of amidine groups is 1. The predicted octanol–water partition coefficient (Wildman–Crippen LogP) is 2.55. The van der Waals surface area contributed by atoms with Crippen LogP contribution in [0.4, 0.5) is 8.78 Å². The minimum absolute atomic E-state index is 0.0471. The lowest BCUT2D eigenvalue weighted by Gasteiger charge is -2.27. The molecular weight excluding hydrogens is 238 g/mol. The third-order valence-corrected chi connectivity index (χ3v) is 2.82. The number of hydrogen-bond acceptors (Lipinski definition) is 3. The van der Waals surface area contributed by atoms with E-state index in [-0.39, 0.29) is 11.8 Å². The molecule has 2 N–H and O–H groups in total. The zero-order valence-electron chi connectivity index (χ0n) is 10.2. The molecule has 0 fully saturated rings. The van der Waals surface area contributed by atoms with Crippen LogP contribution in [0.15, 0.2) is 35.0 Å². The number of halogens is 2. The van der Waals surface area contributed by atoms with Crippen LogP contribution in [-0.4, -0.2) is 12.7 Å². The van der Waals surface area contributed by atoms with Gasteiger partial charge in [-0.25, -0.2) is 13.8 Å². The normalized spacial score (nSPS) is 23.1. The van der Waals surface area contributed by atoms with Crippen molar-refractivity contribution in [1.82, 2.24) is 0 Å². The molecule has 0 bridgehead atoms. The van der Waals surface area contributed by atoms with Gasteiger partial charge in [0.25, 0.3) is 6.02 Å². The van der Waals surface area contributed by atoms with E-state index in [0.29, 0.717) is 5.56 Å². The van der Waals surface area contributed by atoms with Crippen LogP contribution in [0.5, 0.6) is 0 Å². The van der Waals surface area contributed by atoms with Gasteiger partial charge in [0, 0.05) is 5.56 Å². The quantitative estimate of drug-likeness (QED) is 0.879. The molecule has 0 aliphatic carbocycles. The molecule has 0 saturated carbocycles. The number of nitrogens with zero attached hydrogens (tertiary/aromatic N) is 1. The molecule has 0 unspecified atom stereocenters. The Kier molecular flexibility index (Phi) is 3.07. The maximum atomic E-state index is 13.9. The van der Waals surface area contributed by atoms with E-state index in [0.717, 1.165) is 5.56 Å². The van der Waals surface area contributed by atoms with E-state index >= 15 is 0 Å². The number of nitrogens with two attached hydrogens (primary N) is 1. The van der Waals surface area contributed by atoms with Gasteiger partial charge in [-0.3, -0.25) is 0 Å². The summed E-state index contributed by atoms with van der Waals surface area (Å²) in [6.07, 6.45) is 1.45. The number of aliphatic imine (C=N–C) groups is 1. The first kappa shape index (κ1) is 12.5. The van der Waals surface area contributed by atoms with Crippen molar-refractivity contribution in [2.75, 3.05) is 6.67 Å². The lowest BCUT2D eigenvalue weighted by atomic mass is 9.90. The molecule has 96 valence electrons. The van der Waals surface area contributed by atoms with Crippen LogP contribution in [0.3, 0.4) is 0 Å². The topological polar surface area (TPSA) is 47.6 Å². The maximum absolute atomic E-state index is 13.9. The molecule has 1 aromatic rings. The van der Waals surface area contributed by atoms with Gasteiger partial charge in [-0.05, 0) is 26.0 Å². The van der Waals surface area contributed by atoms with Gasteiger partial charge in [0.15, 0.2) is 0 Å². The van der Waals surface area contributed by atoms with Crippen molar-refractivity contribution < 1.29 is 13.5 Å². The van der Waals surface area contributed by atoms with Crippen molar-refractivity contribution in [2.24, 2.45) is 10.7 Å². The van der Waals surface area contributed by atoms with Crippen LogP contribution in [0.25, 0.3) is 0 Å². The summed E-state index contributed by atoms with van der Waals surface area (Å²) >= 11 is 0. The average molecular weight is 252 g/mol. The highest BCUT2D eigenvalue weighted by atomic mass is 19.1. The molecule has 0 aromatic heterocycles. The summed E-state index contributed by atoms with van der Waals surface area (Å²) in [5.41, 5.74) is 5.70. The SMILES string of the molecule is Cc1ccc(F)c([C@]2(C)C=C(CF)OC(N)=N2)c1. The number of allylic oxidation sites excluding steroid dienone is 1. The zero-order valence-corrected chi connectivity index (χ0v) is 10.2. The summed E-state index contributed by atoms with van der Waals surface area (Å²) in [5, 5.41) is 0. The van der Waals surface area contributed by atoms with Crippen molar-refractivity contribution >= 4 is 6.02 Å². The molecule has 3 nitrogen and oxygen atoms in total. The summed E-state index contributed by atoms with van der Waals surface area (Å²) in [6, 6.07) is 4.53. The summed E-state index contributed by atoms with van der Waals surface area (Å²) in [7, 11) is 0. The molecule has 1 aliphatic heterocycles. The van der Waals surface area contributed by atoms with Gasteiger partial charge >= 0.3 is 0 Å². The summed E-state index contributed by atoms with van der Waals surface area (Å²) in [4.78, 5) is 4.07. The molecule has 1 atom stereocenters. The molecule has 1 heterocycles. The monoisotopic (exact) mass is 252 g/mol. The highest BCUT2D eigenvalue weighted by Crippen LogP contribution is 2.33. The third kappa shape index (κ3) is 2.20. The number of benzene rings is 1. The van der Waals surface area contributed by atoms with Gasteiger partial charge in [0.2, 0.25) is 0 Å². The van der Waals surface area contributed by atoms with Gasteiger partial charge < -0.3 is 10.5 Å². The zero-order chi connectivity index (χ0) is 13.3. The van der Waals surface area contributed by atoms with E-state index in [1.165, 1.54) is 12.1 Å². The van der Waals surface area contributed by atoms with E-state index in [9.17, 15) is 8.78 Å². The molecule has 0 saturated heterocycles. The smallest absolute Gasteiger partial charge is 0.288 e. The Morgan fingerprint density at radius 3 is 2.83 bits per heavy atom. The van der Waals surface area contributed by atoms with Gasteiger partial charge in [-0.1, -0.05) is 17.7 Å². The molecule has 18 heavy (non-hydrogen) atoms. The molecule has 1 aliphatic rings. The molecule has 2 rings (SSSR count). The second kappa shape index (κ2) is 4.40. The largest absolute Gasteiger partial charge is 0.428 e. The molecule has 0 radical (unpaired) electrons. The van der Waals surface area contributed by atoms with Gasteiger partial charge in [0.1, 0.15) is 23.8 Å². The number of alkyl halides is 1. The van der Waals surface area contributed by atoms with E-state index in [1.54, 1.807) is 19.1 Å². The Bertz CT molecular complexity index is 540. The first-order valence-electron chi connectivity index (χ1n) is 5.52. The van der Waals surface area contributed by atoms with E-state index < -0.39 is 18.0 Å². The van der Waals surface area contributed by atoms with Gasteiger partial charge in [0.05, 0.1) is 0 Å². The lowest BCUT2D eigenvalue weighted by molar-refractivity contribution is 0.315. The summed E-state index contributed by atoms with van der Waals surface area (Å²) in [5.74, 6) is -0.359. The predicted molar refractivity (Wildman–Crippen MR) is 65.3 cm³/mol. The Labute approximate surface area is 104 Å². The Morgan fingerprint density at radius 1 is 1.44 bits per heavy atom. The highest BCUT2D eigenvalue weighted by Gasteiger charge is 2.32. The minimum atomic E-state index is -1.04. The van der Waals surface area contributed by atoms with E-state index in [4.69, 9.17) is 10.5 Å². The number of hydrogen-bond donors (Lipinski definition) is 1. The fourth-order valence-corrected chi connectivity index (χ4v) is 1.99. The lowest BCUT2D eigenvalue weighted by Crippen LogP contribution is -2.31. The number of aryl methyl sites for hydroxylation is 1. The van der Waals surface area contributed by atoms with Crippen molar-refractivity contribution in [2.45, 2.75) is 19.4 Å². The van der Waals surface area contributed by atoms with Crippen LogP contribution >= 0.6 is 0 Å². The maximum Gasteiger partial charge on any atom is 0.288 e. The molecule has 5 heteroatoms. The van der Waals surface area contributed by atoms with Crippen LogP contribution in [0.2, 0.25) is 0 Å². The van der Waals surface area contributed by atoms with Crippen LogP contribution in [0.1, 0.15) is 18.1 Å². The first-order valence-corrected chi connectivity index (χ1v) is 5.52. The fraction of sp³-hybridized carbons (Fsp3) is 0.308. The number of rotatable bonds is 2. The molecule has 1 aromatic carbocycles. The summed E-state index contributed by atoms with van der Waals surface area (Å²) < 4.78 is 31.5. The number of ether oxygens (including phenoxy) is 1. The molecular formula is C13H14F2N2O. The summed E-state index contributed by atoms with van der Waals surface area (Å²) in [6.45, 7) is 2.70. The Morgan fingerprint density at radius 2 is 2.17 bits per heavy atom. The van der Waals surface area contributed by atoms with Gasteiger partial charge in [-0.15, -0.1) is 0 Å². The second-order valence-electron chi connectivity index (χ2n) is 4.43. The fourth-order valence-electron chi connectivity index (χ4n) is 1.99. The molecule has 0 spiro atoms. The second-order valence-corrected chi connectivity index (χ2v) is 4.43. The standard InChI is InChI=1S/C13H14F2N2O/c1-8-3-4-11(15)10(5-8)13(2)6-9(7-14)18-12(16)17-13/h3-6H,7H2,1-2H3,(H2,16,17)/t13-/m0/s1. The van der Waals surface area contributed by atoms with E-state index in [2.05, 4.69) is 4.99 Å². The third-order valence-electron chi connectivity index (χ3n) is 2.82. The van der Waals surface area contributed by atoms with Crippen molar-refractivity contribution in [1.29, 1.82) is 0 Å². The van der Waals surface area contributed by atoms with Crippen LogP contribution < -0.4 is 5.73 Å².